The van der Waals surface area contributed by atoms with Gasteiger partial charge >= 0.3 is 12.1 Å². The Balaban J connectivity index is 2.24. The van der Waals surface area contributed by atoms with E-state index < -0.39 is 12.1 Å². The number of carbonyl (C=O) groups is 1. The normalized spacial score (nSPS) is 12.7. The van der Waals surface area contributed by atoms with Crippen molar-refractivity contribution in [1.82, 2.24) is 9.38 Å². The molecule has 6 nitrogen and oxygen atoms in total. The molecule has 0 aromatic carbocycles. The number of nitrogens with two attached hydrogens (primary N) is 1. The number of imidazole rings is 1. The average Bonchev–Trinajstić information content (AvgIpc) is 2.88. The van der Waals surface area contributed by atoms with Crippen LogP contribution in [0, 0.1) is 5.41 Å². The van der Waals surface area contributed by atoms with E-state index in [1.54, 1.807) is 35.8 Å². The van der Waals surface area contributed by atoms with E-state index in [-0.39, 0.29) is 5.82 Å². The number of aromatic nitrogens is 2. The zero-order valence-electron chi connectivity index (χ0n) is 11.6. The van der Waals surface area contributed by atoms with Crippen molar-refractivity contribution in [2.45, 2.75) is 6.18 Å². The van der Waals surface area contributed by atoms with Crippen molar-refractivity contribution in [2.75, 3.05) is 5.32 Å². The Morgan fingerprint density at radius 1 is 1.35 bits per heavy atom. The Morgan fingerprint density at radius 3 is 2.70 bits per heavy atom. The number of amides is 1. The van der Waals surface area contributed by atoms with Gasteiger partial charge in [-0.1, -0.05) is 12.2 Å². The molecule has 23 heavy (non-hydrogen) atoms. The number of halogens is 3. The van der Waals surface area contributed by atoms with E-state index in [9.17, 15) is 18.0 Å². The fraction of sp³-hybridized carbons (Fsp3) is 0.0714. The molecule has 0 aliphatic heterocycles. The first-order valence-corrected chi connectivity index (χ1v) is 6.31. The van der Waals surface area contributed by atoms with Gasteiger partial charge in [-0.2, -0.15) is 13.2 Å². The smallest absolute Gasteiger partial charge is 0.404 e. The van der Waals surface area contributed by atoms with Gasteiger partial charge in [-0.3, -0.25) is 4.79 Å². The Kier molecular flexibility index (Phi) is 4.49. The SMILES string of the molecule is N=CC(=C\N)/C=C/c1ccc2nc(NC(=O)C(F)(F)F)cn2c1. The van der Waals surface area contributed by atoms with Gasteiger partial charge in [0.15, 0.2) is 5.82 Å². The lowest BCUT2D eigenvalue weighted by Gasteiger charge is -2.04. The van der Waals surface area contributed by atoms with Crippen molar-refractivity contribution in [3.8, 4) is 0 Å². The third-order valence-corrected chi connectivity index (χ3v) is 2.80. The van der Waals surface area contributed by atoms with E-state index in [2.05, 4.69) is 4.98 Å². The molecule has 0 spiro atoms. The summed E-state index contributed by atoms with van der Waals surface area (Å²) in [6.45, 7) is 0. The van der Waals surface area contributed by atoms with E-state index in [0.29, 0.717) is 16.8 Å². The molecule has 0 fully saturated rings. The second kappa shape index (κ2) is 6.34. The molecule has 0 unspecified atom stereocenters. The molecule has 2 aromatic rings. The van der Waals surface area contributed by atoms with Crippen LogP contribution in [0.4, 0.5) is 19.0 Å². The minimum atomic E-state index is -4.97. The molecule has 0 saturated carbocycles. The van der Waals surface area contributed by atoms with E-state index >= 15 is 0 Å². The molecule has 0 aliphatic carbocycles. The quantitative estimate of drug-likeness (QED) is 0.595. The second-order valence-corrected chi connectivity index (χ2v) is 4.45. The van der Waals surface area contributed by atoms with Crippen LogP contribution in [0.1, 0.15) is 5.56 Å². The minimum Gasteiger partial charge on any atom is -0.404 e. The maximum absolute atomic E-state index is 12.2. The summed E-state index contributed by atoms with van der Waals surface area (Å²) in [5, 5.41) is 8.79. The molecule has 2 aromatic heterocycles. The molecule has 0 aliphatic rings. The predicted octanol–water partition coefficient (Wildman–Crippen LogP) is 2.34. The first-order valence-electron chi connectivity index (χ1n) is 6.31. The number of allylic oxidation sites excluding steroid dienone is 2. The van der Waals surface area contributed by atoms with Crippen LogP contribution >= 0.6 is 0 Å². The highest BCUT2D eigenvalue weighted by molar-refractivity contribution is 5.94. The lowest BCUT2D eigenvalue weighted by molar-refractivity contribution is -0.167. The summed E-state index contributed by atoms with van der Waals surface area (Å²) in [5.41, 5.74) is 6.89. The van der Waals surface area contributed by atoms with Crippen LogP contribution in [-0.4, -0.2) is 27.7 Å². The van der Waals surface area contributed by atoms with Crippen molar-refractivity contribution < 1.29 is 18.0 Å². The summed E-state index contributed by atoms with van der Waals surface area (Å²) in [6, 6.07) is 3.27. The Morgan fingerprint density at radius 2 is 2.09 bits per heavy atom. The number of hydrogen-bond acceptors (Lipinski definition) is 4. The molecule has 0 radical (unpaired) electrons. The average molecular weight is 323 g/mol. The summed E-state index contributed by atoms with van der Waals surface area (Å²) >= 11 is 0. The zero-order valence-corrected chi connectivity index (χ0v) is 11.6. The summed E-state index contributed by atoms with van der Waals surface area (Å²) < 4.78 is 38.1. The minimum absolute atomic E-state index is 0.199. The van der Waals surface area contributed by atoms with Gasteiger partial charge in [-0.25, -0.2) is 4.98 Å². The Hall–Kier alpha value is -3.10. The van der Waals surface area contributed by atoms with E-state index in [1.807, 2.05) is 0 Å². The number of anilines is 1. The van der Waals surface area contributed by atoms with Gasteiger partial charge in [0, 0.05) is 24.2 Å². The highest BCUT2D eigenvalue weighted by atomic mass is 19.4. The zero-order chi connectivity index (χ0) is 17.0. The number of pyridine rings is 1. The highest BCUT2D eigenvalue weighted by Crippen LogP contribution is 2.18. The second-order valence-electron chi connectivity index (χ2n) is 4.45. The number of hydrogen-bond donors (Lipinski definition) is 3. The van der Waals surface area contributed by atoms with Gasteiger partial charge in [0.1, 0.15) is 5.65 Å². The maximum Gasteiger partial charge on any atom is 0.471 e. The largest absolute Gasteiger partial charge is 0.471 e. The highest BCUT2D eigenvalue weighted by Gasteiger charge is 2.39. The van der Waals surface area contributed by atoms with Crippen LogP contribution in [0.2, 0.25) is 0 Å². The first kappa shape index (κ1) is 16.3. The molecule has 1 amide bonds. The standard InChI is InChI=1S/C14H12F3N5O/c15-14(16,17)13(23)21-11-8-22-7-9(3-4-12(22)20-11)1-2-10(5-18)6-19/h1-8,18H,19H2,(H,21,23)/b2-1+,10-6-,18-5?. The summed E-state index contributed by atoms with van der Waals surface area (Å²) in [7, 11) is 0. The van der Waals surface area contributed by atoms with E-state index in [1.165, 1.54) is 16.8 Å². The molecule has 120 valence electrons. The fourth-order valence-electron chi connectivity index (χ4n) is 1.70. The third kappa shape index (κ3) is 3.96. The van der Waals surface area contributed by atoms with Crippen LogP contribution in [-0.2, 0) is 4.79 Å². The first-order chi connectivity index (χ1) is 10.8. The summed E-state index contributed by atoms with van der Waals surface area (Å²) in [5.74, 6) is -2.28. The summed E-state index contributed by atoms with van der Waals surface area (Å²) in [4.78, 5) is 14.8. The van der Waals surface area contributed by atoms with Crippen molar-refractivity contribution >= 4 is 29.7 Å². The van der Waals surface area contributed by atoms with Gasteiger partial charge in [0.2, 0.25) is 0 Å². The van der Waals surface area contributed by atoms with Gasteiger partial charge in [-0.05, 0) is 17.7 Å². The van der Waals surface area contributed by atoms with Crippen molar-refractivity contribution in [3.05, 3.63) is 47.9 Å². The van der Waals surface area contributed by atoms with Crippen LogP contribution in [0.3, 0.4) is 0 Å². The van der Waals surface area contributed by atoms with Crippen LogP contribution in [0.15, 0.2) is 42.4 Å². The number of fused-ring (bicyclic) bond motifs is 1. The molecule has 9 heteroatoms. The van der Waals surface area contributed by atoms with Gasteiger partial charge in [0.05, 0.1) is 6.20 Å². The van der Waals surface area contributed by atoms with E-state index in [4.69, 9.17) is 11.1 Å². The lowest BCUT2D eigenvalue weighted by atomic mass is 10.2. The molecule has 0 atom stereocenters. The molecule has 4 N–H and O–H groups in total. The fourth-order valence-corrected chi connectivity index (χ4v) is 1.70. The summed E-state index contributed by atoms with van der Waals surface area (Å²) in [6.07, 6.45) is 3.55. The molecule has 0 bridgehead atoms. The number of alkyl halides is 3. The van der Waals surface area contributed by atoms with Gasteiger partial charge in [-0.15, -0.1) is 0 Å². The molecular weight excluding hydrogens is 311 g/mol. The molecule has 2 heterocycles. The molecule has 2 rings (SSSR count). The number of rotatable bonds is 4. The molecule has 0 saturated heterocycles. The van der Waals surface area contributed by atoms with Crippen molar-refractivity contribution in [1.29, 1.82) is 5.41 Å². The number of nitrogens with one attached hydrogen (secondary N) is 2. The topological polar surface area (TPSA) is 96.3 Å². The Labute approximate surface area is 128 Å². The van der Waals surface area contributed by atoms with Gasteiger partial charge < -0.3 is 20.9 Å². The lowest BCUT2D eigenvalue weighted by Crippen LogP contribution is -2.30. The van der Waals surface area contributed by atoms with Crippen LogP contribution in [0.25, 0.3) is 11.7 Å². The van der Waals surface area contributed by atoms with Gasteiger partial charge in [0.25, 0.3) is 0 Å². The van der Waals surface area contributed by atoms with Crippen LogP contribution in [0.5, 0.6) is 0 Å². The third-order valence-electron chi connectivity index (χ3n) is 2.80. The molecular formula is C14H12F3N5O. The van der Waals surface area contributed by atoms with Crippen molar-refractivity contribution in [2.24, 2.45) is 5.73 Å². The van der Waals surface area contributed by atoms with Crippen molar-refractivity contribution in [3.63, 3.8) is 0 Å². The monoisotopic (exact) mass is 323 g/mol. The predicted molar refractivity (Wildman–Crippen MR) is 80.0 cm³/mol. The van der Waals surface area contributed by atoms with E-state index in [0.717, 1.165) is 6.21 Å². The Bertz CT molecular complexity index is 804. The van der Waals surface area contributed by atoms with Crippen LogP contribution < -0.4 is 11.1 Å². The number of carbonyl (C=O) groups excluding carboxylic acids is 1. The number of nitrogens with zero attached hydrogens (tertiary/aromatic N) is 2. The maximum atomic E-state index is 12.2.